The van der Waals surface area contributed by atoms with E-state index in [2.05, 4.69) is 32.5 Å². The molecule has 58 heavy (non-hydrogen) atoms. The number of methoxy groups -OCH3 is 1. The summed E-state index contributed by atoms with van der Waals surface area (Å²) < 4.78 is 50.2. The van der Waals surface area contributed by atoms with E-state index in [0.717, 1.165) is 86.9 Å². The van der Waals surface area contributed by atoms with Gasteiger partial charge < -0.3 is 19.9 Å². The van der Waals surface area contributed by atoms with E-state index < -0.39 is 29.7 Å². The zero-order valence-corrected chi connectivity index (χ0v) is 32.6. The Morgan fingerprint density at radius 2 is 1.74 bits per heavy atom. The number of nitrogens with zero attached hydrogens (tertiary/aromatic N) is 7. The summed E-state index contributed by atoms with van der Waals surface area (Å²) in [6.07, 6.45) is 3.77. The molecule has 0 unspecified atom stereocenters. The molecule has 0 bridgehead atoms. The van der Waals surface area contributed by atoms with Crippen molar-refractivity contribution in [1.29, 1.82) is 0 Å². The van der Waals surface area contributed by atoms with Gasteiger partial charge in [0, 0.05) is 56.8 Å². The predicted molar refractivity (Wildman–Crippen MR) is 211 cm³/mol. The van der Waals surface area contributed by atoms with Crippen LogP contribution in [0.25, 0.3) is 21.9 Å². The Kier molecular flexibility index (Phi) is 10.5. The van der Waals surface area contributed by atoms with Gasteiger partial charge in [-0.05, 0) is 88.2 Å². The number of aryl methyl sites for hydroxylation is 1. The molecule has 3 amide bonds. The Hall–Kier alpha value is -5.71. The predicted octanol–water partition coefficient (Wildman–Crippen LogP) is 5.67. The number of aromatic nitrogens is 5. The average molecular weight is 802 g/mol. The number of anilines is 2. The van der Waals surface area contributed by atoms with Crippen molar-refractivity contribution in [3.05, 3.63) is 76.6 Å². The number of ether oxygens (including phenoxy) is 1. The van der Waals surface area contributed by atoms with E-state index in [9.17, 15) is 32.3 Å². The number of piperidine rings is 2. The lowest BCUT2D eigenvalue weighted by Crippen LogP contribution is -2.45. The van der Waals surface area contributed by atoms with Gasteiger partial charge in [0.1, 0.15) is 23.2 Å². The van der Waals surface area contributed by atoms with Gasteiger partial charge in [0.2, 0.25) is 11.8 Å². The van der Waals surface area contributed by atoms with Gasteiger partial charge in [0.05, 0.1) is 41.1 Å². The molecule has 2 N–H and O–H groups in total. The number of benzene rings is 2. The standard InChI is InChI=1S/C41H46F3N9O5/c1-49(26-16-18-51(19-17-26)31-7-5-8-32-37(31)50(2)40(57)53(32)33-14-15-36(54)47-39(33)56)22-24-10-12-27(13-11-24)52-23-25-20-30(34(58-3)21-29(25)48-52)46-38(55)28-6-4-9-35(45-28)41(42,43)44/h4-9,20-21,23-24,26-27,33H,10-19,22H2,1-3H3,(H,46,55)(H,47,54,56)/t24-,27-,33-/m0/s1. The van der Waals surface area contributed by atoms with Crippen molar-refractivity contribution in [1.82, 2.24) is 34.1 Å². The minimum absolute atomic E-state index is 0.197. The van der Waals surface area contributed by atoms with Crippen LogP contribution in [0.2, 0.25) is 0 Å². The normalized spacial score (nSPS) is 20.9. The number of hydrogen-bond donors (Lipinski definition) is 2. The van der Waals surface area contributed by atoms with Gasteiger partial charge in [0.25, 0.3) is 5.91 Å². The molecule has 8 rings (SSSR count). The lowest BCUT2D eigenvalue weighted by atomic mass is 9.85. The van der Waals surface area contributed by atoms with Gasteiger partial charge in [0.15, 0.2) is 0 Å². The van der Waals surface area contributed by atoms with Crippen LogP contribution in [0.5, 0.6) is 5.75 Å². The molecule has 5 aromatic rings. The largest absolute Gasteiger partial charge is 0.494 e. The minimum atomic E-state index is -4.67. The number of amides is 3. The Morgan fingerprint density at radius 1 is 1.00 bits per heavy atom. The fourth-order valence-corrected chi connectivity index (χ4v) is 9.03. The molecule has 1 atom stereocenters. The topological polar surface area (TPSA) is 149 Å². The number of halogens is 3. The van der Waals surface area contributed by atoms with Crippen LogP contribution in [0.3, 0.4) is 0 Å². The second-order valence-electron chi connectivity index (χ2n) is 15.7. The number of carbonyl (C=O) groups excluding carboxylic acids is 3. The van der Waals surface area contributed by atoms with Crippen molar-refractivity contribution in [3.8, 4) is 5.75 Å². The summed E-state index contributed by atoms with van der Waals surface area (Å²) in [7, 11) is 5.40. The van der Waals surface area contributed by atoms with Gasteiger partial charge in [-0.2, -0.15) is 18.3 Å². The van der Waals surface area contributed by atoms with Crippen LogP contribution >= 0.6 is 0 Å². The number of imide groups is 1. The SMILES string of the molecule is COc1cc2nn([C@H]3CC[C@H](CN(C)C4CCN(c5cccc6c5n(C)c(=O)n6[C@H]5CCC(=O)NC5=O)CC4)CC3)cc2cc1NC(=O)c1cccc(C(F)(F)F)n1. The zero-order valence-electron chi connectivity index (χ0n) is 32.6. The summed E-state index contributed by atoms with van der Waals surface area (Å²) in [5.74, 6) is -0.655. The van der Waals surface area contributed by atoms with E-state index >= 15 is 0 Å². The highest BCUT2D eigenvalue weighted by atomic mass is 19.4. The molecule has 3 aromatic heterocycles. The molecule has 2 aromatic carbocycles. The van der Waals surface area contributed by atoms with E-state index in [0.29, 0.717) is 40.9 Å². The fourth-order valence-electron chi connectivity index (χ4n) is 9.03. The van der Waals surface area contributed by atoms with E-state index in [4.69, 9.17) is 9.84 Å². The molecule has 1 saturated carbocycles. The second-order valence-corrected chi connectivity index (χ2v) is 15.7. The number of para-hydroxylation sites is 1. The number of fused-ring (bicyclic) bond motifs is 2. The van der Waals surface area contributed by atoms with Crippen LogP contribution in [0.1, 0.15) is 79.6 Å². The molecule has 3 aliphatic rings. The van der Waals surface area contributed by atoms with E-state index in [1.54, 1.807) is 23.7 Å². The number of carbonyl (C=O) groups is 3. The van der Waals surface area contributed by atoms with Crippen LogP contribution in [0, 0.1) is 5.92 Å². The van der Waals surface area contributed by atoms with Crippen molar-refractivity contribution >= 4 is 51.0 Å². The first kappa shape index (κ1) is 39.1. The maximum absolute atomic E-state index is 13.4. The number of nitrogens with one attached hydrogen (secondary N) is 2. The van der Waals surface area contributed by atoms with Crippen molar-refractivity contribution in [2.75, 3.05) is 44.0 Å². The van der Waals surface area contributed by atoms with Crippen LogP contribution in [0.4, 0.5) is 24.5 Å². The molecule has 2 saturated heterocycles. The Labute approximate surface area is 331 Å². The summed E-state index contributed by atoms with van der Waals surface area (Å²) >= 11 is 0. The van der Waals surface area contributed by atoms with Crippen molar-refractivity contribution in [2.45, 2.75) is 75.7 Å². The van der Waals surface area contributed by atoms with Crippen LogP contribution in [-0.4, -0.2) is 86.4 Å². The van der Waals surface area contributed by atoms with Crippen LogP contribution in [-0.2, 0) is 22.8 Å². The Morgan fingerprint density at radius 3 is 2.45 bits per heavy atom. The maximum atomic E-state index is 13.4. The number of rotatable bonds is 9. The van der Waals surface area contributed by atoms with E-state index in [-0.39, 0.29) is 29.8 Å². The molecule has 3 fully saturated rings. The Balaban J connectivity index is 0.866. The smallest absolute Gasteiger partial charge is 0.433 e. The van der Waals surface area contributed by atoms with Crippen LogP contribution < -0.4 is 26.0 Å². The molecule has 0 radical (unpaired) electrons. The monoisotopic (exact) mass is 801 g/mol. The molecule has 1 aliphatic carbocycles. The molecule has 2 aliphatic heterocycles. The molecular formula is C41H46F3N9O5. The number of pyridine rings is 1. The first-order valence-electron chi connectivity index (χ1n) is 19.7. The quantitative estimate of drug-likeness (QED) is 0.180. The fraction of sp³-hybridized carbons (Fsp3) is 0.463. The molecule has 17 heteroatoms. The summed E-state index contributed by atoms with van der Waals surface area (Å²) in [6.45, 7) is 2.67. The third kappa shape index (κ3) is 7.54. The number of imidazole rings is 1. The molecular weight excluding hydrogens is 756 g/mol. The van der Waals surface area contributed by atoms with E-state index in [1.165, 1.54) is 17.7 Å². The van der Waals surface area contributed by atoms with Crippen molar-refractivity contribution in [2.24, 2.45) is 13.0 Å². The maximum Gasteiger partial charge on any atom is 0.433 e. The highest BCUT2D eigenvalue weighted by Crippen LogP contribution is 2.37. The molecule has 306 valence electrons. The zero-order chi connectivity index (χ0) is 40.9. The van der Waals surface area contributed by atoms with Gasteiger partial charge >= 0.3 is 11.9 Å². The summed E-state index contributed by atoms with van der Waals surface area (Å²) in [6, 6.07) is 12.4. The lowest BCUT2D eigenvalue weighted by Gasteiger charge is -2.40. The molecule has 5 heterocycles. The molecule has 0 spiro atoms. The minimum Gasteiger partial charge on any atom is -0.494 e. The van der Waals surface area contributed by atoms with E-state index in [1.807, 2.05) is 29.1 Å². The highest BCUT2D eigenvalue weighted by molar-refractivity contribution is 6.05. The summed E-state index contributed by atoms with van der Waals surface area (Å²) in [5.41, 5.74) is 1.69. The van der Waals surface area contributed by atoms with Gasteiger partial charge in [-0.25, -0.2) is 9.78 Å². The highest BCUT2D eigenvalue weighted by Gasteiger charge is 2.35. The summed E-state index contributed by atoms with van der Waals surface area (Å²) in [5, 5.41) is 10.6. The molecule has 14 nitrogen and oxygen atoms in total. The number of alkyl halides is 3. The van der Waals surface area contributed by atoms with Gasteiger partial charge in [-0.3, -0.25) is 33.5 Å². The van der Waals surface area contributed by atoms with Gasteiger partial charge in [-0.1, -0.05) is 12.1 Å². The van der Waals surface area contributed by atoms with Crippen LogP contribution in [0.15, 0.2) is 59.5 Å². The first-order chi connectivity index (χ1) is 27.8. The van der Waals surface area contributed by atoms with Crippen molar-refractivity contribution in [3.63, 3.8) is 0 Å². The third-order valence-electron chi connectivity index (χ3n) is 12.1. The second kappa shape index (κ2) is 15.6. The average Bonchev–Trinajstić information content (AvgIpc) is 3.74. The third-order valence-corrected chi connectivity index (χ3v) is 12.1. The van der Waals surface area contributed by atoms with Gasteiger partial charge in [-0.15, -0.1) is 0 Å². The lowest BCUT2D eigenvalue weighted by molar-refractivity contribution is -0.141. The number of hydrogen-bond acceptors (Lipinski definition) is 9. The first-order valence-corrected chi connectivity index (χ1v) is 19.7. The Bertz CT molecular complexity index is 2440. The van der Waals surface area contributed by atoms with Crippen molar-refractivity contribution < 1.29 is 32.3 Å². The summed E-state index contributed by atoms with van der Waals surface area (Å²) in [4.78, 5) is 59.2.